The molecule has 7 heteroatoms. The Kier molecular flexibility index (Phi) is 6.02. The lowest BCUT2D eigenvalue weighted by Crippen LogP contribution is -2.51. The van der Waals surface area contributed by atoms with Crippen LogP contribution in [0.3, 0.4) is 0 Å². The van der Waals surface area contributed by atoms with E-state index in [-0.39, 0.29) is 17.7 Å². The van der Waals surface area contributed by atoms with Gasteiger partial charge in [0, 0.05) is 37.7 Å². The molecule has 1 aliphatic rings. The van der Waals surface area contributed by atoms with Gasteiger partial charge in [-0.3, -0.25) is 9.59 Å². The van der Waals surface area contributed by atoms with Crippen molar-refractivity contribution < 1.29 is 18.8 Å². The minimum Gasteiger partial charge on any atom is -0.489 e. The van der Waals surface area contributed by atoms with Crippen LogP contribution in [-0.4, -0.2) is 52.9 Å². The number of rotatable bonds is 5. The zero-order valence-corrected chi connectivity index (χ0v) is 16.9. The first-order chi connectivity index (χ1) is 13.4. The van der Waals surface area contributed by atoms with Gasteiger partial charge < -0.3 is 19.1 Å². The van der Waals surface area contributed by atoms with Crippen molar-refractivity contribution in [1.82, 2.24) is 15.0 Å². The van der Waals surface area contributed by atoms with Crippen molar-refractivity contribution >= 4 is 11.8 Å². The Labute approximate surface area is 165 Å². The van der Waals surface area contributed by atoms with Crippen LogP contribution in [0.4, 0.5) is 0 Å². The number of carbonyl (C=O) groups is 2. The Morgan fingerprint density at radius 3 is 2.43 bits per heavy atom. The molecule has 1 aromatic heterocycles. The van der Waals surface area contributed by atoms with Crippen LogP contribution in [0.5, 0.6) is 5.75 Å². The average molecular weight is 385 g/mol. The quantitative estimate of drug-likeness (QED) is 0.791. The molecule has 7 nitrogen and oxygen atoms in total. The minimum atomic E-state index is -0.0422. The molecule has 1 aliphatic heterocycles. The Bertz CT molecular complexity index is 832. The summed E-state index contributed by atoms with van der Waals surface area (Å²) in [6.45, 7) is 10.1. The number of amides is 2. The molecule has 1 saturated heterocycles. The summed E-state index contributed by atoms with van der Waals surface area (Å²) in [7, 11) is 0. The molecule has 0 saturated carbocycles. The van der Waals surface area contributed by atoms with Gasteiger partial charge in [0.2, 0.25) is 5.91 Å². The Morgan fingerprint density at radius 1 is 1.14 bits per heavy atom. The van der Waals surface area contributed by atoms with E-state index in [2.05, 4.69) is 5.16 Å². The molecule has 1 aromatic carbocycles. The number of benzene rings is 1. The SMILES string of the molecule is Cc1noc(C)c1COc1cccc(C(=O)N2CCN(C(=O)C(C)C)CC2)c1. The number of hydrogen-bond donors (Lipinski definition) is 0. The third-order valence-electron chi connectivity index (χ3n) is 5.02. The average Bonchev–Trinajstić information content (AvgIpc) is 3.03. The number of carbonyl (C=O) groups excluding carboxylic acids is 2. The van der Waals surface area contributed by atoms with Gasteiger partial charge >= 0.3 is 0 Å². The monoisotopic (exact) mass is 385 g/mol. The standard InChI is InChI=1S/C21H27N3O4/c1-14(2)20(25)23-8-10-24(11-9-23)21(26)17-6-5-7-18(12-17)27-13-19-15(3)22-28-16(19)4/h5-7,12,14H,8-11,13H2,1-4H3. The lowest BCUT2D eigenvalue weighted by Gasteiger charge is -2.35. The van der Waals surface area contributed by atoms with Crippen molar-refractivity contribution in [2.24, 2.45) is 5.92 Å². The second-order valence-corrected chi connectivity index (χ2v) is 7.39. The lowest BCUT2D eigenvalue weighted by molar-refractivity contribution is -0.135. The van der Waals surface area contributed by atoms with E-state index in [0.717, 1.165) is 17.0 Å². The van der Waals surface area contributed by atoms with Gasteiger partial charge in [0.1, 0.15) is 18.1 Å². The minimum absolute atomic E-state index is 0.0196. The third kappa shape index (κ3) is 4.35. The lowest BCUT2D eigenvalue weighted by atomic mass is 10.1. The molecule has 2 amide bonds. The molecule has 0 bridgehead atoms. The third-order valence-corrected chi connectivity index (χ3v) is 5.02. The summed E-state index contributed by atoms with van der Waals surface area (Å²) in [4.78, 5) is 28.6. The number of hydrogen-bond acceptors (Lipinski definition) is 5. The van der Waals surface area contributed by atoms with E-state index < -0.39 is 0 Å². The van der Waals surface area contributed by atoms with E-state index in [4.69, 9.17) is 9.26 Å². The first-order valence-electron chi connectivity index (χ1n) is 9.59. The highest BCUT2D eigenvalue weighted by molar-refractivity contribution is 5.94. The van der Waals surface area contributed by atoms with Crippen LogP contribution in [0.15, 0.2) is 28.8 Å². The summed E-state index contributed by atoms with van der Waals surface area (Å²) in [5.41, 5.74) is 2.31. The van der Waals surface area contributed by atoms with E-state index in [1.807, 2.05) is 44.7 Å². The van der Waals surface area contributed by atoms with Crippen LogP contribution in [0, 0.1) is 19.8 Å². The number of piperazine rings is 1. The van der Waals surface area contributed by atoms with Crippen molar-refractivity contribution in [1.29, 1.82) is 0 Å². The van der Waals surface area contributed by atoms with Crippen molar-refractivity contribution in [3.05, 3.63) is 46.8 Å². The molecule has 0 unspecified atom stereocenters. The van der Waals surface area contributed by atoms with E-state index in [1.54, 1.807) is 17.0 Å². The van der Waals surface area contributed by atoms with Gasteiger partial charge in [-0.05, 0) is 32.0 Å². The van der Waals surface area contributed by atoms with E-state index in [0.29, 0.717) is 44.1 Å². The van der Waals surface area contributed by atoms with Gasteiger partial charge in [-0.1, -0.05) is 25.1 Å². The molecule has 0 radical (unpaired) electrons. The molecule has 1 fully saturated rings. The highest BCUT2D eigenvalue weighted by Gasteiger charge is 2.26. The molecule has 150 valence electrons. The summed E-state index contributed by atoms with van der Waals surface area (Å²) in [6, 6.07) is 7.19. The maximum Gasteiger partial charge on any atom is 0.254 e. The van der Waals surface area contributed by atoms with Crippen LogP contribution in [-0.2, 0) is 11.4 Å². The molecule has 2 heterocycles. The second kappa shape index (κ2) is 8.46. The van der Waals surface area contributed by atoms with Gasteiger partial charge in [0.15, 0.2) is 0 Å². The van der Waals surface area contributed by atoms with Crippen LogP contribution in [0.25, 0.3) is 0 Å². The summed E-state index contributed by atoms with van der Waals surface area (Å²) >= 11 is 0. The largest absolute Gasteiger partial charge is 0.489 e. The van der Waals surface area contributed by atoms with Gasteiger partial charge in [-0.25, -0.2) is 0 Å². The fourth-order valence-electron chi connectivity index (χ4n) is 3.26. The van der Waals surface area contributed by atoms with Crippen LogP contribution >= 0.6 is 0 Å². The summed E-state index contributed by atoms with van der Waals surface area (Å²) in [5, 5.41) is 3.92. The molecule has 2 aromatic rings. The molecule has 28 heavy (non-hydrogen) atoms. The van der Waals surface area contributed by atoms with Crippen LogP contribution in [0.2, 0.25) is 0 Å². The van der Waals surface area contributed by atoms with Gasteiger partial charge in [-0.15, -0.1) is 0 Å². The van der Waals surface area contributed by atoms with E-state index in [9.17, 15) is 9.59 Å². The number of nitrogens with zero attached hydrogens (tertiary/aromatic N) is 3. The molecule has 0 N–H and O–H groups in total. The summed E-state index contributed by atoms with van der Waals surface area (Å²) < 4.78 is 11.0. The zero-order chi connectivity index (χ0) is 20.3. The molecular formula is C21H27N3O4. The van der Waals surface area contributed by atoms with Gasteiger partial charge in [0.25, 0.3) is 5.91 Å². The van der Waals surface area contributed by atoms with Crippen molar-refractivity contribution in [2.75, 3.05) is 26.2 Å². The zero-order valence-electron chi connectivity index (χ0n) is 16.9. The molecular weight excluding hydrogens is 358 g/mol. The fraction of sp³-hybridized carbons (Fsp3) is 0.476. The fourth-order valence-corrected chi connectivity index (χ4v) is 3.26. The number of aryl methyl sites for hydroxylation is 2. The molecule has 0 spiro atoms. The number of aromatic nitrogens is 1. The van der Waals surface area contributed by atoms with Crippen molar-refractivity contribution in [3.8, 4) is 5.75 Å². The van der Waals surface area contributed by atoms with Crippen LogP contribution in [0.1, 0.15) is 41.2 Å². The maximum atomic E-state index is 12.8. The number of ether oxygens (including phenoxy) is 1. The Hall–Kier alpha value is -2.83. The normalized spacial score (nSPS) is 14.5. The highest BCUT2D eigenvalue weighted by Crippen LogP contribution is 2.20. The topological polar surface area (TPSA) is 75.9 Å². The van der Waals surface area contributed by atoms with Gasteiger partial charge in [-0.2, -0.15) is 0 Å². The van der Waals surface area contributed by atoms with Crippen molar-refractivity contribution in [2.45, 2.75) is 34.3 Å². The maximum absolute atomic E-state index is 12.8. The first kappa shape index (κ1) is 19.9. The second-order valence-electron chi connectivity index (χ2n) is 7.39. The Balaban J connectivity index is 1.61. The predicted molar refractivity (Wildman–Crippen MR) is 104 cm³/mol. The molecule has 0 aliphatic carbocycles. The predicted octanol–water partition coefficient (Wildman–Crippen LogP) is 2.81. The van der Waals surface area contributed by atoms with E-state index >= 15 is 0 Å². The summed E-state index contributed by atoms with van der Waals surface area (Å²) in [6.07, 6.45) is 0. The smallest absolute Gasteiger partial charge is 0.254 e. The summed E-state index contributed by atoms with van der Waals surface area (Å²) in [5.74, 6) is 1.44. The van der Waals surface area contributed by atoms with Gasteiger partial charge in [0.05, 0.1) is 11.3 Å². The Morgan fingerprint density at radius 2 is 1.82 bits per heavy atom. The van der Waals surface area contributed by atoms with E-state index in [1.165, 1.54) is 0 Å². The van der Waals surface area contributed by atoms with Crippen LogP contribution < -0.4 is 4.74 Å². The molecule has 0 atom stereocenters. The first-order valence-corrected chi connectivity index (χ1v) is 9.59. The molecule has 3 rings (SSSR count). The van der Waals surface area contributed by atoms with Crippen molar-refractivity contribution in [3.63, 3.8) is 0 Å². The highest BCUT2D eigenvalue weighted by atomic mass is 16.5.